The molecule has 2 nitrogen and oxygen atoms in total. The van der Waals surface area contributed by atoms with Gasteiger partial charge in [-0.3, -0.25) is 0 Å². The van der Waals surface area contributed by atoms with Crippen LogP contribution in [0.3, 0.4) is 0 Å². The number of hydrogen-bond donors (Lipinski definition) is 1. The molecule has 92 valence electrons. The molecule has 0 unspecified atom stereocenters. The molecule has 0 radical (unpaired) electrons. The predicted octanol–water partition coefficient (Wildman–Crippen LogP) is 2.56. The summed E-state index contributed by atoms with van der Waals surface area (Å²) in [5.41, 5.74) is 2.44. The van der Waals surface area contributed by atoms with E-state index in [2.05, 4.69) is 5.32 Å². The second-order valence-corrected chi connectivity index (χ2v) is 4.87. The molecule has 0 spiro atoms. The summed E-state index contributed by atoms with van der Waals surface area (Å²) < 4.78 is 25.9. The van der Waals surface area contributed by atoms with E-state index < -0.39 is 5.92 Å². The minimum atomic E-state index is -2.68. The fraction of sp³-hybridized carbons (Fsp3) is 0.417. The first-order valence-electron chi connectivity index (χ1n) is 5.37. The van der Waals surface area contributed by atoms with Crippen LogP contribution in [-0.2, 0) is 6.42 Å². The molecular formula is C12H14F2N2S. The first-order chi connectivity index (χ1) is 7.87. The van der Waals surface area contributed by atoms with Crippen LogP contribution < -0.4 is 10.2 Å². The maximum absolute atomic E-state index is 13.0. The predicted molar refractivity (Wildman–Crippen MR) is 68.9 cm³/mol. The van der Waals surface area contributed by atoms with Gasteiger partial charge in [-0.05, 0) is 24.6 Å². The average molecular weight is 256 g/mol. The van der Waals surface area contributed by atoms with Crippen molar-refractivity contribution in [1.82, 2.24) is 5.32 Å². The van der Waals surface area contributed by atoms with E-state index in [1.54, 1.807) is 18.2 Å². The van der Waals surface area contributed by atoms with E-state index in [9.17, 15) is 8.78 Å². The Labute approximate surface area is 105 Å². The Kier molecular flexibility index (Phi) is 3.03. The van der Waals surface area contributed by atoms with Crippen molar-refractivity contribution in [2.45, 2.75) is 19.3 Å². The van der Waals surface area contributed by atoms with Crippen LogP contribution in [0.2, 0.25) is 0 Å². The van der Waals surface area contributed by atoms with Gasteiger partial charge in [-0.1, -0.05) is 18.3 Å². The molecule has 2 rings (SSSR count). The fourth-order valence-corrected chi connectivity index (χ4v) is 2.16. The smallest absolute Gasteiger partial charge is 0.249 e. The van der Waals surface area contributed by atoms with Crippen molar-refractivity contribution in [3.8, 4) is 0 Å². The highest BCUT2D eigenvalue weighted by Crippen LogP contribution is 2.27. The first kappa shape index (κ1) is 12.2. The van der Waals surface area contributed by atoms with Crippen molar-refractivity contribution in [1.29, 1.82) is 0 Å². The van der Waals surface area contributed by atoms with Gasteiger partial charge in [0, 0.05) is 24.7 Å². The van der Waals surface area contributed by atoms with Crippen LogP contribution in [0.4, 0.5) is 14.5 Å². The Balaban J connectivity index is 2.35. The molecule has 0 aromatic heterocycles. The molecule has 1 aromatic rings. The number of benzene rings is 1. The molecule has 1 aliphatic heterocycles. The van der Waals surface area contributed by atoms with Gasteiger partial charge in [0.25, 0.3) is 0 Å². The third-order valence-electron chi connectivity index (χ3n) is 2.71. The number of alkyl halides is 2. The average Bonchev–Trinajstić information content (AvgIpc) is 2.21. The van der Waals surface area contributed by atoms with Crippen LogP contribution in [-0.4, -0.2) is 24.6 Å². The lowest BCUT2D eigenvalue weighted by molar-refractivity contribution is 0.0226. The maximum Gasteiger partial charge on any atom is 0.249 e. The lowest BCUT2D eigenvalue weighted by atomic mass is 10.0. The molecule has 1 N–H and O–H groups in total. The van der Waals surface area contributed by atoms with E-state index in [0.29, 0.717) is 17.2 Å². The zero-order valence-electron chi connectivity index (χ0n) is 9.76. The lowest BCUT2D eigenvalue weighted by Gasteiger charge is -2.29. The molecule has 0 fully saturated rings. The summed E-state index contributed by atoms with van der Waals surface area (Å²) >= 11 is 5.18. The summed E-state index contributed by atoms with van der Waals surface area (Å²) in [5.74, 6) is -2.68. The van der Waals surface area contributed by atoms with Gasteiger partial charge in [0.1, 0.15) is 4.99 Å². The summed E-state index contributed by atoms with van der Waals surface area (Å²) in [6.45, 7) is 1.54. The second-order valence-electron chi connectivity index (χ2n) is 4.46. The quantitative estimate of drug-likeness (QED) is 0.819. The normalized spacial score (nSPS) is 15.5. The molecule has 0 saturated carbocycles. The van der Waals surface area contributed by atoms with Crippen molar-refractivity contribution in [2.24, 2.45) is 0 Å². The minimum Gasteiger partial charge on any atom is -0.358 e. The van der Waals surface area contributed by atoms with Gasteiger partial charge >= 0.3 is 0 Å². The van der Waals surface area contributed by atoms with E-state index in [1.165, 1.54) is 0 Å². The Hall–Kier alpha value is -1.23. The van der Waals surface area contributed by atoms with Gasteiger partial charge < -0.3 is 10.2 Å². The highest BCUT2D eigenvalue weighted by molar-refractivity contribution is 7.80. The second kappa shape index (κ2) is 4.22. The summed E-state index contributed by atoms with van der Waals surface area (Å²) in [6, 6.07) is 5.31. The lowest BCUT2D eigenvalue weighted by Crippen LogP contribution is -2.40. The minimum absolute atomic E-state index is 0.242. The van der Waals surface area contributed by atoms with Gasteiger partial charge in [0.2, 0.25) is 5.92 Å². The molecule has 0 atom stereocenters. The standard InChI is InChI=1S/C12H14F2N2S/c1-12(13,14)6-8-3-4-9-10(5-8)16(2)7-15-11(9)17/h3-5H,6-7H2,1-2H3,(H,15,17). The summed E-state index contributed by atoms with van der Waals surface area (Å²) in [4.78, 5) is 2.63. The maximum atomic E-state index is 13.0. The summed E-state index contributed by atoms with van der Waals surface area (Å²) in [7, 11) is 1.90. The number of nitrogens with one attached hydrogen (secondary N) is 1. The number of thiocarbonyl (C=S) groups is 1. The first-order valence-corrected chi connectivity index (χ1v) is 5.78. The van der Waals surface area contributed by atoms with E-state index in [-0.39, 0.29) is 6.42 Å². The number of halogens is 2. The van der Waals surface area contributed by atoms with E-state index in [4.69, 9.17) is 12.2 Å². The largest absolute Gasteiger partial charge is 0.358 e. The summed E-state index contributed by atoms with van der Waals surface area (Å²) in [5, 5.41) is 3.06. The number of anilines is 1. The molecule has 0 aliphatic carbocycles. The van der Waals surface area contributed by atoms with Crippen LogP contribution in [0.5, 0.6) is 0 Å². The topological polar surface area (TPSA) is 15.3 Å². The van der Waals surface area contributed by atoms with E-state index in [0.717, 1.165) is 18.2 Å². The van der Waals surface area contributed by atoms with Crippen molar-refractivity contribution < 1.29 is 8.78 Å². The van der Waals surface area contributed by atoms with E-state index in [1.807, 2.05) is 11.9 Å². The van der Waals surface area contributed by atoms with Crippen molar-refractivity contribution in [3.63, 3.8) is 0 Å². The van der Waals surface area contributed by atoms with Crippen LogP contribution in [0.25, 0.3) is 0 Å². The van der Waals surface area contributed by atoms with Crippen LogP contribution in [0, 0.1) is 0 Å². The SMILES string of the molecule is CN1CNC(=S)c2ccc(CC(C)(F)F)cc21. The highest BCUT2D eigenvalue weighted by Gasteiger charge is 2.23. The van der Waals surface area contributed by atoms with Crippen molar-refractivity contribution in [2.75, 3.05) is 18.6 Å². The monoisotopic (exact) mass is 256 g/mol. The Morgan fingerprint density at radius 1 is 1.47 bits per heavy atom. The van der Waals surface area contributed by atoms with Crippen LogP contribution >= 0.6 is 12.2 Å². The van der Waals surface area contributed by atoms with E-state index >= 15 is 0 Å². The molecule has 17 heavy (non-hydrogen) atoms. The van der Waals surface area contributed by atoms with Gasteiger partial charge in [-0.2, -0.15) is 0 Å². The zero-order valence-corrected chi connectivity index (χ0v) is 10.6. The molecule has 1 aromatic carbocycles. The van der Waals surface area contributed by atoms with Crippen molar-refractivity contribution >= 4 is 22.9 Å². The highest BCUT2D eigenvalue weighted by atomic mass is 32.1. The van der Waals surface area contributed by atoms with Gasteiger partial charge in [-0.15, -0.1) is 0 Å². The van der Waals surface area contributed by atoms with Crippen LogP contribution in [0.15, 0.2) is 18.2 Å². The molecule has 1 heterocycles. The van der Waals surface area contributed by atoms with Gasteiger partial charge in [0.05, 0.1) is 6.67 Å². The zero-order chi connectivity index (χ0) is 12.6. The molecule has 0 saturated heterocycles. The Bertz CT molecular complexity index is 454. The number of nitrogens with zero attached hydrogens (tertiary/aromatic N) is 1. The summed E-state index contributed by atoms with van der Waals surface area (Å²) in [6.07, 6.45) is -0.242. The molecular weight excluding hydrogens is 242 g/mol. The fourth-order valence-electron chi connectivity index (χ4n) is 1.92. The molecule has 0 amide bonds. The Morgan fingerprint density at radius 3 is 2.82 bits per heavy atom. The van der Waals surface area contributed by atoms with Crippen molar-refractivity contribution in [3.05, 3.63) is 29.3 Å². The molecule has 5 heteroatoms. The third-order valence-corrected chi connectivity index (χ3v) is 3.07. The number of hydrogen-bond acceptors (Lipinski definition) is 2. The van der Waals surface area contributed by atoms with Gasteiger partial charge in [-0.25, -0.2) is 8.78 Å². The van der Waals surface area contributed by atoms with Crippen LogP contribution in [0.1, 0.15) is 18.1 Å². The van der Waals surface area contributed by atoms with Gasteiger partial charge in [0.15, 0.2) is 0 Å². The third kappa shape index (κ3) is 2.72. The molecule has 0 bridgehead atoms. The molecule has 1 aliphatic rings. The number of rotatable bonds is 2. The number of fused-ring (bicyclic) bond motifs is 1. The Morgan fingerprint density at radius 2 is 2.18 bits per heavy atom.